The SMILES string of the molecule is c1cnc(-c2ccc3c(c2)CCCC3)cn1. The third-order valence-corrected chi connectivity index (χ3v) is 3.21. The van der Waals surface area contributed by atoms with Crippen LogP contribution in [0.5, 0.6) is 0 Å². The Hall–Kier alpha value is -1.70. The minimum atomic E-state index is 0.968. The summed E-state index contributed by atoms with van der Waals surface area (Å²) in [5.74, 6) is 0. The fourth-order valence-corrected chi connectivity index (χ4v) is 2.34. The maximum atomic E-state index is 4.34. The van der Waals surface area contributed by atoms with E-state index >= 15 is 0 Å². The second-order valence-corrected chi connectivity index (χ2v) is 4.28. The highest BCUT2D eigenvalue weighted by Crippen LogP contribution is 2.25. The molecular formula is C14H14N2. The second-order valence-electron chi connectivity index (χ2n) is 4.28. The first-order valence-electron chi connectivity index (χ1n) is 5.82. The first-order valence-corrected chi connectivity index (χ1v) is 5.82. The molecule has 0 fully saturated rings. The van der Waals surface area contributed by atoms with Crippen molar-refractivity contribution >= 4 is 0 Å². The van der Waals surface area contributed by atoms with Gasteiger partial charge in [-0.15, -0.1) is 0 Å². The van der Waals surface area contributed by atoms with Gasteiger partial charge >= 0.3 is 0 Å². The summed E-state index contributed by atoms with van der Waals surface area (Å²) in [4.78, 5) is 8.45. The highest BCUT2D eigenvalue weighted by molar-refractivity contribution is 5.60. The molecule has 2 heteroatoms. The average molecular weight is 210 g/mol. The molecule has 0 saturated carbocycles. The number of benzene rings is 1. The van der Waals surface area contributed by atoms with Gasteiger partial charge in [-0.1, -0.05) is 12.1 Å². The Morgan fingerprint density at radius 1 is 0.938 bits per heavy atom. The summed E-state index contributed by atoms with van der Waals surface area (Å²) in [5, 5.41) is 0. The maximum Gasteiger partial charge on any atom is 0.0885 e. The lowest BCUT2D eigenvalue weighted by Gasteiger charge is -2.16. The topological polar surface area (TPSA) is 25.8 Å². The van der Waals surface area contributed by atoms with E-state index in [1.807, 2.05) is 6.20 Å². The van der Waals surface area contributed by atoms with Crippen LogP contribution in [-0.2, 0) is 12.8 Å². The van der Waals surface area contributed by atoms with Gasteiger partial charge < -0.3 is 0 Å². The molecule has 3 rings (SSSR count). The summed E-state index contributed by atoms with van der Waals surface area (Å²) in [5.41, 5.74) is 5.16. The van der Waals surface area contributed by atoms with Gasteiger partial charge in [0.15, 0.2) is 0 Å². The van der Waals surface area contributed by atoms with Crippen molar-refractivity contribution in [3.05, 3.63) is 47.9 Å². The molecular weight excluding hydrogens is 196 g/mol. The third kappa shape index (κ3) is 1.71. The van der Waals surface area contributed by atoms with Gasteiger partial charge in [0.1, 0.15) is 0 Å². The largest absolute Gasteiger partial charge is 0.261 e. The summed E-state index contributed by atoms with van der Waals surface area (Å²) in [6.07, 6.45) is 10.4. The summed E-state index contributed by atoms with van der Waals surface area (Å²) in [6.45, 7) is 0. The summed E-state index contributed by atoms with van der Waals surface area (Å²) >= 11 is 0. The molecule has 0 atom stereocenters. The van der Waals surface area contributed by atoms with Crippen LogP contribution in [0.4, 0.5) is 0 Å². The minimum Gasteiger partial charge on any atom is -0.261 e. The molecule has 0 saturated heterocycles. The lowest BCUT2D eigenvalue weighted by Crippen LogP contribution is -2.02. The Labute approximate surface area is 95.4 Å². The standard InChI is InChI=1S/C14H14N2/c1-2-4-12-9-13(6-5-11(12)3-1)14-10-15-7-8-16-14/h5-10H,1-4H2. The molecule has 80 valence electrons. The smallest absolute Gasteiger partial charge is 0.0885 e. The molecule has 1 aliphatic rings. The number of rotatable bonds is 1. The lowest BCUT2D eigenvalue weighted by atomic mass is 9.90. The zero-order valence-corrected chi connectivity index (χ0v) is 9.19. The van der Waals surface area contributed by atoms with Crippen molar-refractivity contribution in [3.8, 4) is 11.3 Å². The molecule has 0 aliphatic heterocycles. The van der Waals surface area contributed by atoms with Crippen molar-refractivity contribution in [1.82, 2.24) is 9.97 Å². The van der Waals surface area contributed by atoms with Gasteiger partial charge in [-0.2, -0.15) is 0 Å². The lowest BCUT2D eigenvalue weighted by molar-refractivity contribution is 0.686. The molecule has 1 aliphatic carbocycles. The van der Waals surface area contributed by atoms with E-state index in [1.54, 1.807) is 12.4 Å². The second kappa shape index (κ2) is 4.05. The minimum absolute atomic E-state index is 0.968. The Kier molecular flexibility index (Phi) is 2.41. The molecule has 1 aromatic carbocycles. The van der Waals surface area contributed by atoms with Gasteiger partial charge in [-0.3, -0.25) is 9.97 Å². The van der Waals surface area contributed by atoms with Crippen LogP contribution in [0.1, 0.15) is 24.0 Å². The van der Waals surface area contributed by atoms with Crippen molar-refractivity contribution in [2.24, 2.45) is 0 Å². The predicted octanol–water partition coefficient (Wildman–Crippen LogP) is 3.02. The number of fused-ring (bicyclic) bond motifs is 1. The van der Waals surface area contributed by atoms with Crippen LogP contribution in [0.15, 0.2) is 36.8 Å². The summed E-state index contributed by atoms with van der Waals surface area (Å²) in [7, 11) is 0. The van der Waals surface area contributed by atoms with Crippen LogP contribution in [0.2, 0.25) is 0 Å². The highest BCUT2D eigenvalue weighted by Gasteiger charge is 2.10. The van der Waals surface area contributed by atoms with Crippen LogP contribution in [0.25, 0.3) is 11.3 Å². The molecule has 0 N–H and O–H groups in total. The molecule has 2 nitrogen and oxygen atoms in total. The van der Waals surface area contributed by atoms with Gasteiger partial charge in [0.2, 0.25) is 0 Å². The number of aryl methyl sites for hydroxylation is 2. The van der Waals surface area contributed by atoms with E-state index in [4.69, 9.17) is 0 Å². The van der Waals surface area contributed by atoms with E-state index in [-0.39, 0.29) is 0 Å². The number of nitrogens with zero attached hydrogens (tertiary/aromatic N) is 2. The van der Waals surface area contributed by atoms with Crippen molar-refractivity contribution < 1.29 is 0 Å². The van der Waals surface area contributed by atoms with Crippen molar-refractivity contribution in [2.75, 3.05) is 0 Å². The monoisotopic (exact) mass is 210 g/mol. The van der Waals surface area contributed by atoms with E-state index in [1.165, 1.54) is 42.4 Å². The highest BCUT2D eigenvalue weighted by atomic mass is 14.8. The van der Waals surface area contributed by atoms with Crippen molar-refractivity contribution in [3.63, 3.8) is 0 Å². The predicted molar refractivity (Wildman–Crippen MR) is 64.1 cm³/mol. The number of hydrogen-bond donors (Lipinski definition) is 0. The Bertz CT molecular complexity index is 491. The molecule has 0 unspecified atom stereocenters. The van der Waals surface area contributed by atoms with Crippen LogP contribution in [0, 0.1) is 0 Å². The Balaban J connectivity index is 2.03. The van der Waals surface area contributed by atoms with Crippen LogP contribution in [0.3, 0.4) is 0 Å². The average Bonchev–Trinajstić information content (AvgIpc) is 2.39. The quantitative estimate of drug-likeness (QED) is 0.723. The van der Waals surface area contributed by atoms with Gasteiger partial charge in [0, 0.05) is 18.0 Å². The Morgan fingerprint density at radius 3 is 2.62 bits per heavy atom. The fraction of sp³-hybridized carbons (Fsp3) is 0.286. The molecule has 0 amide bonds. The third-order valence-electron chi connectivity index (χ3n) is 3.21. The van der Waals surface area contributed by atoms with Gasteiger partial charge in [-0.25, -0.2) is 0 Å². The van der Waals surface area contributed by atoms with E-state index in [2.05, 4.69) is 28.2 Å². The van der Waals surface area contributed by atoms with E-state index in [0.29, 0.717) is 0 Å². The van der Waals surface area contributed by atoms with E-state index in [9.17, 15) is 0 Å². The van der Waals surface area contributed by atoms with Gasteiger partial charge in [-0.05, 0) is 42.9 Å². The van der Waals surface area contributed by atoms with E-state index < -0.39 is 0 Å². The number of aromatic nitrogens is 2. The molecule has 1 aromatic heterocycles. The Morgan fingerprint density at radius 2 is 1.81 bits per heavy atom. The zero-order valence-electron chi connectivity index (χ0n) is 9.19. The normalized spacial score (nSPS) is 14.5. The fourth-order valence-electron chi connectivity index (χ4n) is 2.34. The summed E-state index contributed by atoms with van der Waals surface area (Å²) < 4.78 is 0. The van der Waals surface area contributed by atoms with Gasteiger partial charge in [0.05, 0.1) is 11.9 Å². The zero-order chi connectivity index (χ0) is 10.8. The molecule has 16 heavy (non-hydrogen) atoms. The molecule has 0 radical (unpaired) electrons. The maximum absolute atomic E-state index is 4.34. The summed E-state index contributed by atoms with van der Waals surface area (Å²) in [6, 6.07) is 6.69. The first-order chi connectivity index (χ1) is 7.93. The first kappa shape index (κ1) is 9.52. The molecule has 1 heterocycles. The van der Waals surface area contributed by atoms with Crippen molar-refractivity contribution in [1.29, 1.82) is 0 Å². The number of hydrogen-bond acceptors (Lipinski definition) is 2. The van der Waals surface area contributed by atoms with E-state index in [0.717, 1.165) is 5.69 Å². The van der Waals surface area contributed by atoms with Crippen LogP contribution in [-0.4, -0.2) is 9.97 Å². The molecule has 0 spiro atoms. The molecule has 2 aromatic rings. The van der Waals surface area contributed by atoms with Crippen LogP contribution >= 0.6 is 0 Å². The molecule has 0 bridgehead atoms. The van der Waals surface area contributed by atoms with Gasteiger partial charge in [0.25, 0.3) is 0 Å². The van der Waals surface area contributed by atoms with Crippen LogP contribution < -0.4 is 0 Å². The van der Waals surface area contributed by atoms with Crippen molar-refractivity contribution in [2.45, 2.75) is 25.7 Å².